The Morgan fingerprint density at radius 3 is 2.59 bits per heavy atom. The molecule has 1 aliphatic rings. The van der Waals surface area contributed by atoms with E-state index in [9.17, 15) is 13.2 Å². The molecule has 0 aliphatic carbocycles. The number of hydrogen-bond acceptors (Lipinski definition) is 4. The van der Waals surface area contributed by atoms with Crippen LogP contribution in [0.1, 0.15) is 29.7 Å². The molecule has 2 aromatic rings. The Kier molecular flexibility index (Phi) is 5.15. The number of fused-ring (bicyclic) bond motifs is 1. The minimum atomic E-state index is -3.52. The fourth-order valence-electron chi connectivity index (χ4n) is 3.35. The standard InChI is InChI=1S/C20H24N2O4S/c1-13-9-10-16(14(2)11-13)15(3)21-20(23)19-12-22(27(4,24)25)17-7-5-6-8-18(17)26-19/h5-11,15,19H,12H2,1-4H3,(H,21,23)/t15-,19+/m0/s1. The number of nitrogens with one attached hydrogen (secondary N) is 1. The smallest absolute Gasteiger partial charge is 0.263 e. The van der Waals surface area contributed by atoms with Gasteiger partial charge < -0.3 is 10.1 Å². The van der Waals surface area contributed by atoms with Crippen molar-refractivity contribution in [2.24, 2.45) is 0 Å². The van der Waals surface area contributed by atoms with Crippen molar-refractivity contribution in [1.82, 2.24) is 5.32 Å². The van der Waals surface area contributed by atoms with Crippen LogP contribution >= 0.6 is 0 Å². The van der Waals surface area contributed by atoms with Gasteiger partial charge in [-0.1, -0.05) is 35.9 Å². The topological polar surface area (TPSA) is 75.7 Å². The summed E-state index contributed by atoms with van der Waals surface area (Å²) >= 11 is 0. The van der Waals surface area contributed by atoms with Gasteiger partial charge in [-0.15, -0.1) is 0 Å². The monoisotopic (exact) mass is 388 g/mol. The summed E-state index contributed by atoms with van der Waals surface area (Å²) in [6, 6.07) is 12.7. The summed E-state index contributed by atoms with van der Waals surface area (Å²) in [5.41, 5.74) is 3.72. The largest absolute Gasteiger partial charge is 0.476 e. The Balaban J connectivity index is 1.81. The predicted octanol–water partition coefficient (Wildman–Crippen LogP) is 2.71. The van der Waals surface area contributed by atoms with Crippen molar-refractivity contribution in [3.8, 4) is 5.75 Å². The van der Waals surface area contributed by atoms with Crippen molar-refractivity contribution < 1.29 is 17.9 Å². The summed E-state index contributed by atoms with van der Waals surface area (Å²) in [6.07, 6.45) is 0.213. The van der Waals surface area contributed by atoms with Crippen molar-refractivity contribution >= 4 is 21.6 Å². The molecule has 1 heterocycles. The van der Waals surface area contributed by atoms with E-state index in [0.717, 1.165) is 22.9 Å². The zero-order valence-electron chi connectivity index (χ0n) is 15.9. The first kappa shape index (κ1) is 19.2. The van der Waals surface area contributed by atoms with Gasteiger partial charge in [-0.05, 0) is 44.0 Å². The Morgan fingerprint density at radius 1 is 1.22 bits per heavy atom. The van der Waals surface area contributed by atoms with E-state index < -0.39 is 16.1 Å². The van der Waals surface area contributed by atoms with Crippen molar-refractivity contribution in [2.75, 3.05) is 17.1 Å². The maximum absolute atomic E-state index is 12.8. The normalized spacial score (nSPS) is 17.6. The lowest BCUT2D eigenvalue weighted by Crippen LogP contribution is -2.50. The first-order chi connectivity index (χ1) is 12.7. The highest BCUT2D eigenvalue weighted by Gasteiger charge is 2.35. The lowest BCUT2D eigenvalue weighted by Gasteiger charge is -2.34. The minimum absolute atomic E-state index is 0.0543. The molecule has 0 fully saturated rings. The highest BCUT2D eigenvalue weighted by atomic mass is 32.2. The number of carbonyl (C=O) groups excluding carboxylic acids is 1. The molecular formula is C20H24N2O4S. The van der Waals surface area contributed by atoms with Crippen LogP contribution in [0.3, 0.4) is 0 Å². The summed E-state index contributed by atoms with van der Waals surface area (Å²) in [7, 11) is -3.52. The van der Waals surface area contributed by atoms with E-state index in [1.807, 2.05) is 32.9 Å². The molecule has 144 valence electrons. The maximum Gasteiger partial charge on any atom is 0.263 e. The summed E-state index contributed by atoms with van der Waals surface area (Å²) < 4.78 is 31.4. The number of ether oxygens (including phenoxy) is 1. The zero-order valence-corrected chi connectivity index (χ0v) is 16.7. The lowest BCUT2D eigenvalue weighted by molar-refractivity contribution is -0.128. The number of aryl methyl sites for hydroxylation is 2. The molecule has 0 radical (unpaired) electrons. The van der Waals surface area contributed by atoms with Crippen LogP contribution in [0.4, 0.5) is 5.69 Å². The Morgan fingerprint density at radius 2 is 1.93 bits per heavy atom. The van der Waals surface area contributed by atoms with Crippen molar-refractivity contribution in [3.63, 3.8) is 0 Å². The van der Waals surface area contributed by atoms with Gasteiger partial charge in [0.1, 0.15) is 5.75 Å². The van der Waals surface area contributed by atoms with Crippen LogP contribution in [0, 0.1) is 13.8 Å². The van der Waals surface area contributed by atoms with Crippen LogP contribution in [0.2, 0.25) is 0 Å². The second-order valence-corrected chi connectivity index (χ2v) is 8.87. The number of hydrogen-bond donors (Lipinski definition) is 1. The average Bonchev–Trinajstić information content (AvgIpc) is 2.59. The van der Waals surface area contributed by atoms with Crippen LogP contribution in [0.25, 0.3) is 0 Å². The molecule has 1 N–H and O–H groups in total. The van der Waals surface area contributed by atoms with Crippen LogP contribution in [0.15, 0.2) is 42.5 Å². The first-order valence-corrected chi connectivity index (χ1v) is 10.6. The van der Waals surface area contributed by atoms with E-state index in [1.165, 1.54) is 4.31 Å². The van der Waals surface area contributed by atoms with Crippen LogP contribution in [0.5, 0.6) is 5.75 Å². The van der Waals surface area contributed by atoms with Gasteiger partial charge in [0.05, 0.1) is 24.5 Å². The number of para-hydroxylation sites is 2. The van der Waals surface area contributed by atoms with Crippen molar-refractivity contribution in [2.45, 2.75) is 32.9 Å². The van der Waals surface area contributed by atoms with Crippen LogP contribution in [-0.2, 0) is 14.8 Å². The fourth-order valence-corrected chi connectivity index (χ4v) is 4.26. The summed E-state index contributed by atoms with van der Waals surface area (Å²) in [4.78, 5) is 12.8. The molecule has 0 unspecified atom stereocenters. The number of carbonyl (C=O) groups is 1. The van der Waals surface area contributed by atoms with E-state index in [2.05, 4.69) is 11.4 Å². The van der Waals surface area contributed by atoms with Crippen LogP contribution < -0.4 is 14.4 Å². The molecule has 27 heavy (non-hydrogen) atoms. The van der Waals surface area contributed by atoms with Gasteiger partial charge in [0.25, 0.3) is 5.91 Å². The Bertz CT molecular complexity index is 972. The number of sulfonamides is 1. The number of amides is 1. The summed E-state index contributed by atoms with van der Waals surface area (Å²) in [5.74, 6) is 0.0409. The van der Waals surface area contributed by atoms with Gasteiger partial charge in [0.15, 0.2) is 6.10 Å². The highest BCUT2D eigenvalue weighted by molar-refractivity contribution is 7.92. The molecule has 2 atom stereocenters. The SMILES string of the molecule is Cc1ccc([C@H](C)NC(=O)[C@H]2CN(S(C)(=O)=O)c3ccccc3O2)c(C)c1. The fraction of sp³-hybridized carbons (Fsp3) is 0.350. The average molecular weight is 388 g/mol. The molecule has 3 rings (SSSR count). The zero-order chi connectivity index (χ0) is 19.8. The molecule has 1 aliphatic heterocycles. The van der Waals surface area contributed by atoms with E-state index in [1.54, 1.807) is 24.3 Å². The third-order valence-electron chi connectivity index (χ3n) is 4.68. The summed E-state index contributed by atoms with van der Waals surface area (Å²) in [6.45, 7) is 5.87. The third-order valence-corrected chi connectivity index (χ3v) is 5.82. The second-order valence-electron chi connectivity index (χ2n) is 6.96. The second kappa shape index (κ2) is 7.23. The van der Waals surface area contributed by atoms with E-state index in [4.69, 9.17) is 4.74 Å². The molecular weight excluding hydrogens is 364 g/mol. The molecule has 0 spiro atoms. The number of rotatable bonds is 4. The number of anilines is 1. The van der Waals surface area contributed by atoms with Crippen molar-refractivity contribution in [3.05, 3.63) is 59.2 Å². The molecule has 7 heteroatoms. The maximum atomic E-state index is 12.8. The van der Waals surface area contributed by atoms with Gasteiger partial charge in [0.2, 0.25) is 10.0 Å². The van der Waals surface area contributed by atoms with Gasteiger partial charge >= 0.3 is 0 Å². The lowest BCUT2D eigenvalue weighted by atomic mass is 10.00. The van der Waals surface area contributed by atoms with E-state index >= 15 is 0 Å². The van der Waals surface area contributed by atoms with Gasteiger partial charge in [-0.3, -0.25) is 9.10 Å². The van der Waals surface area contributed by atoms with Crippen LogP contribution in [-0.4, -0.2) is 33.2 Å². The molecule has 1 amide bonds. The molecule has 0 bridgehead atoms. The molecule has 0 saturated heterocycles. The minimum Gasteiger partial charge on any atom is -0.476 e. The molecule has 2 aromatic carbocycles. The van der Waals surface area contributed by atoms with E-state index in [-0.39, 0.29) is 18.5 Å². The molecule has 0 aromatic heterocycles. The van der Waals surface area contributed by atoms with Gasteiger partial charge in [-0.25, -0.2) is 8.42 Å². The van der Waals surface area contributed by atoms with Gasteiger partial charge in [-0.2, -0.15) is 0 Å². The summed E-state index contributed by atoms with van der Waals surface area (Å²) in [5, 5.41) is 2.94. The Hall–Kier alpha value is -2.54. The number of benzene rings is 2. The quantitative estimate of drug-likeness (QED) is 0.874. The third kappa shape index (κ3) is 4.08. The van der Waals surface area contributed by atoms with Crippen molar-refractivity contribution in [1.29, 1.82) is 0 Å². The predicted molar refractivity (Wildman–Crippen MR) is 106 cm³/mol. The highest BCUT2D eigenvalue weighted by Crippen LogP contribution is 2.34. The first-order valence-electron chi connectivity index (χ1n) is 8.77. The van der Waals surface area contributed by atoms with Gasteiger partial charge in [0, 0.05) is 0 Å². The van der Waals surface area contributed by atoms with E-state index in [0.29, 0.717) is 11.4 Å². The number of nitrogens with zero attached hydrogens (tertiary/aromatic N) is 1. The molecule has 0 saturated carbocycles. The Labute approximate surface area is 160 Å². The molecule has 6 nitrogen and oxygen atoms in total.